The fourth-order valence-corrected chi connectivity index (χ4v) is 0. The molecule has 0 fully saturated rings. The Morgan fingerprint density at radius 2 is 1.40 bits per heavy atom. The zero-order valence-corrected chi connectivity index (χ0v) is 15.0. The van der Waals surface area contributed by atoms with E-state index in [1.165, 1.54) is 0 Å². The van der Waals surface area contributed by atoms with Crippen molar-refractivity contribution in [3.8, 4) is 0 Å². The first-order valence-electron chi connectivity index (χ1n) is 0.123. The van der Waals surface area contributed by atoms with E-state index in [0.717, 1.165) is 0 Å². The molecule has 5 heavy (non-hydrogen) atoms. The topological polar surface area (TPSA) is 17.1 Å². The largest absolute Gasteiger partial charge is 2.00 e. The van der Waals surface area contributed by atoms with Crippen LogP contribution in [0.25, 0.3) is 0 Å². The van der Waals surface area contributed by atoms with E-state index in [9.17, 15) is 0 Å². The molecule has 0 bridgehead atoms. The zero-order valence-electron chi connectivity index (χ0n) is 6.83. The van der Waals surface area contributed by atoms with Crippen LogP contribution in [0.4, 0.5) is 0 Å². The maximum Gasteiger partial charge on any atom is 2.00 e. The molecule has 33 valence electrons. The van der Waals surface area contributed by atoms with E-state index >= 15 is 0 Å². The van der Waals surface area contributed by atoms with Gasteiger partial charge in [-0.1, -0.05) is 0 Å². The third-order valence-electron chi connectivity index (χ3n) is 0. The summed E-state index contributed by atoms with van der Waals surface area (Å²) in [5.74, 6) is 0. The molecule has 0 atom stereocenters. The molecule has 0 aliphatic carbocycles. The van der Waals surface area contributed by atoms with Gasteiger partial charge in [0.05, 0.1) is 0 Å². The van der Waals surface area contributed by atoms with Gasteiger partial charge in [-0.3, -0.25) is 0 Å². The summed E-state index contributed by atoms with van der Waals surface area (Å²) in [6, 6.07) is 0. The van der Waals surface area contributed by atoms with E-state index < -0.39 is 0 Å². The monoisotopic (exact) mass is 423 g/mol. The molecule has 0 unspecified atom stereocenters. The van der Waals surface area contributed by atoms with Crippen molar-refractivity contribution in [2.45, 2.75) is 0 Å². The quantitative estimate of drug-likeness (QED) is 0.429. The third kappa shape index (κ3) is 18.0. The fraction of sp³-hybridized carbons (Fsp3) is 0. The predicted molar refractivity (Wildman–Crippen MR) is 26.6 cm³/mol. The van der Waals surface area contributed by atoms with Gasteiger partial charge in [0.25, 0.3) is 0 Å². The van der Waals surface area contributed by atoms with E-state index in [1.54, 1.807) is 0 Å². The Labute approximate surface area is 131 Å². The molecule has 0 aliphatic heterocycles. The van der Waals surface area contributed by atoms with Gasteiger partial charge in [-0.25, -0.2) is 0 Å². The molecule has 0 aliphatic rings. The number of rotatable bonds is 0. The predicted octanol–water partition coefficient (Wildman–Crippen LogP) is -1.62. The Morgan fingerprint density at radius 1 is 1.40 bits per heavy atom. The van der Waals surface area contributed by atoms with Crippen molar-refractivity contribution in [3.05, 3.63) is 0 Å². The van der Waals surface area contributed by atoms with Crippen LogP contribution in [-0.4, -0.2) is 109 Å². The van der Waals surface area contributed by atoms with Crippen LogP contribution in [0.5, 0.6) is 0 Å². The maximum atomic E-state index is 7.81. The molecule has 0 rings (SSSR count). The van der Waals surface area contributed by atoms with Crippen LogP contribution in [0.1, 0.15) is 5.71 Å². The van der Waals surface area contributed by atoms with E-state index in [-0.39, 0.29) is 115 Å². The summed E-state index contributed by atoms with van der Waals surface area (Å²) >= 11 is 2.94. The van der Waals surface area contributed by atoms with Gasteiger partial charge in [-0.05, 0) is 0 Å². The first-order chi connectivity index (χ1) is 1.00. The molecule has 5 heteroatoms. The van der Waals surface area contributed by atoms with Gasteiger partial charge in [-0.2, -0.15) is 0 Å². The molecule has 0 heterocycles. The molecule has 0 amide bonds. The van der Waals surface area contributed by atoms with E-state index in [1.807, 2.05) is 0 Å². The Hall–Kier alpha value is 3.94. The Bertz CT molecular complexity index is 20.5. The van der Waals surface area contributed by atoms with Gasteiger partial charge in [0.2, 0.25) is 0 Å². The molecule has 0 radical (unpaired) electrons. The molecule has 0 aromatic heterocycles. The van der Waals surface area contributed by atoms with Gasteiger partial charge in [0.1, 0.15) is 0 Å². The van der Waals surface area contributed by atoms with E-state index in [4.69, 9.17) is 3.83 Å². The second kappa shape index (κ2) is 24.6. The summed E-state index contributed by atoms with van der Waals surface area (Å²) in [6.07, 6.45) is 0. The van der Waals surface area contributed by atoms with Crippen LogP contribution in [0, 0.1) is 0 Å². The zero-order chi connectivity index (χ0) is 2.00. The second-order valence-electron chi connectivity index (χ2n) is 0. The maximum absolute atomic E-state index is 7.81. The molecule has 0 aromatic rings. The van der Waals surface area contributed by atoms with Crippen molar-refractivity contribution in [2.24, 2.45) is 0 Å². The molecule has 0 N–H and O–H groups in total. The van der Waals surface area contributed by atoms with Gasteiger partial charge in [0.15, 0.2) is 0 Å². The van der Waals surface area contributed by atoms with E-state index in [2.05, 4.69) is 15.9 Å². The number of hydrogen-bond acceptors (Lipinski definition) is 1. The van der Waals surface area contributed by atoms with Crippen molar-refractivity contribution in [2.75, 3.05) is 0 Å². The molecule has 0 spiro atoms. The summed E-state index contributed by atoms with van der Waals surface area (Å²) in [5, 5.41) is 0. The Kier molecular flexibility index (Phi) is 114. The van der Waals surface area contributed by atoms with Gasteiger partial charge in [-0.15, -0.1) is 0 Å². The first kappa shape index (κ1) is 23.1. The van der Waals surface area contributed by atoms with Crippen molar-refractivity contribution >= 4 is 109 Å². The van der Waals surface area contributed by atoms with Crippen LogP contribution in [0.2, 0.25) is 0 Å². The minimum Gasteiger partial charge on any atom is 2.00 e. The van der Waals surface area contributed by atoms with Crippen molar-refractivity contribution in [1.82, 2.24) is 0 Å². The minimum absolute atomic E-state index is 0. The number of hydrogen-bond donors (Lipinski definition) is 0. The third-order valence-corrected chi connectivity index (χ3v) is 0. The minimum atomic E-state index is 0. The molecule has 1 nitrogen and oxygen atoms in total. The SMILES string of the molecule is [BiH3].[Ca+2].[H-].[H-].[H-].[H-].[O]=[Cu].[Sr+2]. The average Bonchev–Trinajstić information content (AvgIpc) is 1.00. The molecule has 0 saturated carbocycles. The molecular formula is H7BiCaCuOSr. The van der Waals surface area contributed by atoms with Gasteiger partial charge < -0.3 is 5.71 Å². The molecule has 0 aromatic carbocycles. The molecule has 0 saturated heterocycles. The van der Waals surface area contributed by atoms with Crippen LogP contribution < -0.4 is 0 Å². The fourth-order valence-electron chi connectivity index (χ4n) is 0. The second-order valence-corrected chi connectivity index (χ2v) is 0. The Balaban J connectivity index is -0.000000000238. The van der Waals surface area contributed by atoms with Gasteiger partial charge in [0, 0.05) is 0 Å². The van der Waals surface area contributed by atoms with E-state index in [0.29, 0.717) is 0 Å². The van der Waals surface area contributed by atoms with Crippen LogP contribution >= 0.6 is 0 Å². The summed E-state index contributed by atoms with van der Waals surface area (Å²) in [7, 11) is 0. The standard InChI is InChI=1S/Bi.Ca.Cu.O.Sr.7H/q;+2;;;+2;;;;4*-1. The smallest absolute Gasteiger partial charge is 2.00 e. The average molecular weight is 423 g/mol. The van der Waals surface area contributed by atoms with Crippen LogP contribution in [0.3, 0.4) is 0 Å². The molecular weight excluding hydrogens is 416 g/mol. The summed E-state index contributed by atoms with van der Waals surface area (Å²) in [5.41, 5.74) is 0. The van der Waals surface area contributed by atoms with Crippen LogP contribution in [-0.2, 0) is 19.8 Å². The summed E-state index contributed by atoms with van der Waals surface area (Å²) in [4.78, 5) is 0. The van der Waals surface area contributed by atoms with Crippen molar-refractivity contribution < 1.29 is 25.5 Å². The summed E-state index contributed by atoms with van der Waals surface area (Å²) < 4.78 is 7.81. The van der Waals surface area contributed by atoms with Crippen LogP contribution in [0.15, 0.2) is 0 Å². The first-order valence-corrected chi connectivity index (χ1v) is 0.508. The Morgan fingerprint density at radius 3 is 1.40 bits per heavy atom. The van der Waals surface area contributed by atoms with Gasteiger partial charge >= 0.3 is 129 Å². The van der Waals surface area contributed by atoms with Crippen molar-refractivity contribution in [1.29, 1.82) is 0 Å². The summed E-state index contributed by atoms with van der Waals surface area (Å²) in [6.45, 7) is 0. The normalized spacial score (nSPS) is 1.20. The van der Waals surface area contributed by atoms with Crippen molar-refractivity contribution in [3.63, 3.8) is 0 Å².